The van der Waals surface area contributed by atoms with E-state index in [9.17, 15) is 12.8 Å². The minimum atomic E-state index is -3.29. The average Bonchev–Trinajstić information content (AvgIpc) is 2.29. The summed E-state index contributed by atoms with van der Waals surface area (Å²) in [5, 5.41) is 0. The Bertz CT molecular complexity index is 679. The topological polar surface area (TPSA) is 34.1 Å². The van der Waals surface area contributed by atoms with E-state index in [4.69, 9.17) is 0 Å². The van der Waals surface area contributed by atoms with E-state index in [0.29, 0.717) is 4.47 Å². The van der Waals surface area contributed by atoms with Crippen LogP contribution in [0.25, 0.3) is 11.1 Å². The van der Waals surface area contributed by atoms with Crippen molar-refractivity contribution >= 4 is 25.8 Å². The molecule has 0 saturated heterocycles. The fourth-order valence-electron chi connectivity index (χ4n) is 1.61. The smallest absolute Gasteiger partial charge is 0.176 e. The number of sulfone groups is 1. The molecule has 0 aliphatic rings. The Labute approximate surface area is 114 Å². The summed E-state index contributed by atoms with van der Waals surface area (Å²) in [5.41, 5.74) is 1.51. The van der Waals surface area contributed by atoms with Crippen LogP contribution < -0.4 is 0 Å². The number of hydrogen-bond donors (Lipinski definition) is 0. The van der Waals surface area contributed by atoms with E-state index in [2.05, 4.69) is 15.9 Å². The first kappa shape index (κ1) is 13.2. The van der Waals surface area contributed by atoms with Gasteiger partial charge in [-0.3, -0.25) is 0 Å². The van der Waals surface area contributed by atoms with Crippen molar-refractivity contribution in [2.75, 3.05) is 6.26 Å². The molecule has 0 unspecified atom stereocenters. The summed E-state index contributed by atoms with van der Waals surface area (Å²) in [6.45, 7) is 0. The number of hydrogen-bond acceptors (Lipinski definition) is 2. The highest BCUT2D eigenvalue weighted by Crippen LogP contribution is 2.28. The molecule has 0 fully saturated rings. The maximum Gasteiger partial charge on any atom is 0.176 e. The lowest BCUT2D eigenvalue weighted by atomic mass is 10.1. The first-order valence-corrected chi connectivity index (χ1v) is 7.82. The molecule has 0 saturated carbocycles. The van der Waals surface area contributed by atoms with Crippen LogP contribution >= 0.6 is 15.9 Å². The summed E-state index contributed by atoms with van der Waals surface area (Å²) in [6, 6.07) is 11.0. The van der Waals surface area contributed by atoms with Gasteiger partial charge in [-0.1, -0.05) is 18.2 Å². The van der Waals surface area contributed by atoms with Crippen LogP contribution in [0.2, 0.25) is 0 Å². The lowest BCUT2D eigenvalue weighted by molar-refractivity contribution is 0.601. The van der Waals surface area contributed by atoms with Gasteiger partial charge in [-0.2, -0.15) is 0 Å². The molecular weight excluding hydrogens is 319 g/mol. The van der Waals surface area contributed by atoms with Gasteiger partial charge in [-0.15, -0.1) is 0 Å². The molecular formula is C13H10BrFO2S. The van der Waals surface area contributed by atoms with Crippen LogP contribution in [0.1, 0.15) is 0 Å². The molecule has 94 valence electrons. The van der Waals surface area contributed by atoms with Crippen LogP contribution in [-0.4, -0.2) is 14.7 Å². The van der Waals surface area contributed by atoms with Crippen molar-refractivity contribution in [3.63, 3.8) is 0 Å². The molecule has 0 bridgehead atoms. The maximum absolute atomic E-state index is 12.8. The van der Waals surface area contributed by atoms with Crippen molar-refractivity contribution in [3.05, 3.63) is 52.8 Å². The Balaban J connectivity index is 2.57. The van der Waals surface area contributed by atoms with Gasteiger partial charge in [0.25, 0.3) is 0 Å². The van der Waals surface area contributed by atoms with Gasteiger partial charge in [0.2, 0.25) is 0 Å². The van der Waals surface area contributed by atoms with Crippen LogP contribution in [0.5, 0.6) is 0 Å². The molecule has 0 spiro atoms. The third-order valence-electron chi connectivity index (χ3n) is 2.51. The summed E-state index contributed by atoms with van der Waals surface area (Å²) in [6.07, 6.45) is 1.15. The lowest BCUT2D eigenvalue weighted by Gasteiger charge is -2.06. The van der Waals surface area contributed by atoms with Crippen LogP contribution in [0.4, 0.5) is 4.39 Å². The van der Waals surface area contributed by atoms with Crippen molar-refractivity contribution in [2.45, 2.75) is 4.90 Å². The molecule has 2 aromatic rings. The van der Waals surface area contributed by atoms with Crippen LogP contribution in [0.15, 0.2) is 51.8 Å². The summed E-state index contributed by atoms with van der Waals surface area (Å²) < 4.78 is 36.6. The summed E-state index contributed by atoms with van der Waals surface area (Å²) >= 11 is 3.21. The van der Waals surface area contributed by atoms with E-state index in [1.165, 1.54) is 12.1 Å². The van der Waals surface area contributed by atoms with E-state index in [1.54, 1.807) is 30.3 Å². The summed E-state index contributed by atoms with van der Waals surface area (Å²) in [7, 11) is -3.29. The van der Waals surface area contributed by atoms with Crippen molar-refractivity contribution in [3.8, 4) is 11.1 Å². The molecule has 2 rings (SSSR count). The predicted molar refractivity (Wildman–Crippen MR) is 72.6 cm³/mol. The van der Waals surface area contributed by atoms with Gasteiger partial charge in [0.05, 0.1) is 4.90 Å². The average molecular weight is 329 g/mol. The van der Waals surface area contributed by atoms with E-state index >= 15 is 0 Å². The van der Waals surface area contributed by atoms with E-state index in [0.717, 1.165) is 17.4 Å². The Morgan fingerprint density at radius 3 is 2.11 bits per heavy atom. The van der Waals surface area contributed by atoms with Gasteiger partial charge in [-0.25, -0.2) is 12.8 Å². The van der Waals surface area contributed by atoms with Gasteiger partial charge in [0, 0.05) is 10.7 Å². The van der Waals surface area contributed by atoms with Gasteiger partial charge >= 0.3 is 0 Å². The zero-order chi connectivity index (χ0) is 13.3. The van der Waals surface area contributed by atoms with Crippen molar-refractivity contribution < 1.29 is 12.8 Å². The zero-order valence-corrected chi connectivity index (χ0v) is 11.9. The summed E-state index contributed by atoms with van der Waals surface area (Å²) in [5.74, 6) is -0.320. The Morgan fingerprint density at radius 2 is 1.56 bits per heavy atom. The van der Waals surface area contributed by atoms with Crippen molar-refractivity contribution in [1.82, 2.24) is 0 Å². The van der Waals surface area contributed by atoms with Gasteiger partial charge in [0.1, 0.15) is 5.82 Å². The monoisotopic (exact) mass is 328 g/mol. The van der Waals surface area contributed by atoms with Crippen molar-refractivity contribution in [2.24, 2.45) is 0 Å². The second-order valence-corrected chi connectivity index (χ2v) is 6.76. The minimum absolute atomic E-state index is 0.226. The number of halogens is 2. The normalized spacial score (nSPS) is 11.5. The zero-order valence-electron chi connectivity index (χ0n) is 9.52. The predicted octanol–water partition coefficient (Wildman–Crippen LogP) is 3.66. The molecule has 0 heterocycles. The SMILES string of the molecule is CS(=O)(=O)c1cc(-c2ccc(F)cc2)ccc1Br. The molecule has 0 N–H and O–H groups in total. The first-order chi connectivity index (χ1) is 8.38. The molecule has 0 aromatic heterocycles. The second-order valence-electron chi connectivity index (χ2n) is 3.92. The molecule has 0 radical (unpaired) electrons. The number of rotatable bonds is 2. The van der Waals surface area contributed by atoms with Gasteiger partial charge < -0.3 is 0 Å². The van der Waals surface area contributed by atoms with Gasteiger partial charge in [0.15, 0.2) is 9.84 Å². The minimum Gasteiger partial charge on any atom is -0.224 e. The highest BCUT2D eigenvalue weighted by Gasteiger charge is 2.13. The standard InChI is InChI=1S/C13H10BrFO2S/c1-18(16,17)13-8-10(4-7-12(13)14)9-2-5-11(15)6-3-9/h2-8H,1H3. The molecule has 0 aliphatic heterocycles. The third kappa shape index (κ3) is 2.79. The third-order valence-corrected chi connectivity index (χ3v) is 4.60. The molecule has 2 nitrogen and oxygen atoms in total. The van der Waals surface area contributed by atoms with E-state index in [1.807, 2.05) is 0 Å². The largest absolute Gasteiger partial charge is 0.224 e. The molecule has 2 aromatic carbocycles. The lowest BCUT2D eigenvalue weighted by Crippen LogP contribution is -1.98. The highest BCUT2D eigenvalue weighted by molar-refractivity contribution is 9.10. The molecule has 0 amide bonds. The Morgan fingerprint density at radius 1 is 1.00 bits per heavy atom. The maximum atomic E-state index is 12.8. The molecule has 18 heavy (non-hydrogen) atoms. The highest BCUT2D eigenvalue weighted by atomic mass is 79.9. The fraction of sp³-hybridized carbons (Fsp3) is 0.0769. The fourth-order valence-corrected chi connectivity index (χ4v) is 3.50. The van der Waals surface area contributed by atoms with Crippen LogP contribution in [-0.2, 0) is 9.84 Å². The van der Waals surface area contributed by atoms with Crippen LogP contribution in [0.3, 0.4) is 0 Å². The van der Waals surface area contributed by atoms with E-state index < -0.39 is 9.84 Å². The van der Waals surface area contributed by atoms with Gasteiger partial charge in [-0.05, 0) is 51.3 Å². The van der Waals surface area contributed by atoms with Crippen molar-refractivity contribution in [1.29, 1.82) is 0 Å². The molecule has 0 aliphatic carbocycles. The number of benzene rings is 2. The Kier molecular flexibility index (Phi) is 3.54. The second kappa shape index (κ2) is 4.82. The molecule has 5 heteroatoms. The quantitative estimate of drug-likeness (QED) is 0.843. The Hall–Kier alpha value is -1.20. The van der Waals surface area contributed by atoms with Crippen LogP contribution in [0, 0.1) is 5.82 Å². The first-order valence-electron chi connectivity index (χ1n) is 5.13. The van der Waals surface area contributed by atoms with E-state index in [-0.39, 0.29) is 10.7 Å². The molecule has 0 atom stereocenters. The summed E-state index contributed by atoms with van der Waals surface area (Å²) in [4.78, 5) is 0.226.